The van der Waals surface area contributed by atoms with E-state index in [0.717, 1.165) is 37.5 Å². The molecule has 0 heterocycles. The second-order valence-electron chi connectivity index (χ2n) is 8.27. The number of carbonyl (C=O) groups is 2. The van der Waals surface area contributed by atoms with E-state index >= 15 is 0 Å². The van der Waals surface area contributed by atoms with E-state index in [2.05, 4.69) is 6.58 Å². The molecule has 0 unspecified atom stereocenters. The van der Waals surface area contributed by atoms with E-state index in [1.165, 1.54) is 6.42 Å². The van der Waals surface area contributed by atoms with Crippen LogP contribution in [0, 0.1) is 29.1 Å². The van der Waals surface area contributed by atoms with Crippen LogP contribution in [-0.2, 0) is 14.3 Å². The number of ether oxygens (including phenoxy) is 1. The standard InChI is InChI=1S/C19H30O4/c1-5-6-7-8-13-14-9-12(14)10-16(13)23-17(20)11-15(18(21)22)19(2,3)4/h5,12-16H,1,6-11H2,2-4H3,(H,21,22)/t12-,13+,14-,15+,16+/m0/s1. The number of hydrogen-bond acceptors (Lipinski definition) is 3. The van der Waals surface area contributed by atoms with Gasteiger partial charge in [-0.3, -0.25) is 9.59 Å². The number of carbonyl (C=O) groups excluding carboxylic acids is 1. The summed E-state index contributed by atoms with van der Waals surface area (Å²) in [6, 6.07) is 0. The third-order valence-corrected chi connectivity index (χ3v) is 5.48. The summed E-state index contributed by atoms with van der Waals surface area (Å²) in [5, 5.41) is 9.35. The number of hydrogen-bond donors (Lipinski definition) is 1. The Bertz CT molecular complexity index is 462. The van der Waals surface area contributed by atoms with Crippen molar-refractivity contribution in [1.29, 1.82) is 0 Å². The summed E-state index contributed by atoms with van der Waals surface area (Å²) in [6.45, 7) is 9.30. The van der Waals surface area contributed by atoms with Crippen LogP contribution >= 0.6 is 0 Å². The maximum absolute atomic E-state index is 12.3. The molecule has 0 aromatic carbocycles. The third-order valence-electron chi connectivity index (χ3n) is 5.48. The Morgan fingerprint density at radius 2 is 2.04 bits per heavy atom. The second kappa shape index (κ2) is 7.06. The fraction of sp³-hybridized carbons (Fsp3) is 0.789. The normalized spacial score (nSPS) is 30.4. The lowest BCUT2D eigenvalue weighted by molar-refractivity contribution is -0.160. The van der Waals surface area contributed by atoms with Crippen molar-refractivity contribution in [3.63, 3.8) is 0 Å². The first-order valence-corrected chi connectivity index (χ1v) is 8.77. The SMILES string of the molecule is C=CCCC[C@@H]1[C@H]2C[C@H]2C[C@H]1OC(=O)C[C@H](C(=O)O)C(C)(C)C. The van der Waals surface area contributed by atoms with Crippen LogP contribution in [0.1, 0.15) is 59.3 Å². The van der Waals surface area contributed by atoms with Gasteiger partial charge in [0.2, 0.25) is 0 Å². The van der Waals surface area contributed by atoms with Gasteiger partial charge in [-0.25, -0.2) is 0 Å². The van der Waals surface area contributed by atoms with Crippen LogP contribution in [-0.4, -0.2) is 23.1 Å². The van der Waals surface area contributed by atoms with Crippen LogP contribution in [0.25, 0.3) is 0 Å². The molecule has 0 aromatic rings. The quantitative estimate of drug-likeness (QED) is 0.416. The highest BCUT2D eigenvalue weighted by molar-refractivity contribution is 5.79. The van der Waals surface area contributed by atoms with Gasteiger partial charge in [0.25, 0.3) is 0 Å². The molecule has 23 heavy (non-hydrogen) atoms. The van der Waals surface area contributed by atoms with Crippen molar-refractivity contribution in [3.8, 4) is 0 Å². The maximum atomic E-state index is 12.3. The van der Waals surface area contributed by atoms with Gasteiger partial charge in [-0.15, -0.1) is 6.58 Å². The Morgan fingerprint density at radius 1 is 1.35 bits per heavy atom. The molecule has 0 bridgehead atoms. The fourth-order valence-corrected chi connectivity index (χ4v) is 4.00. The predicted molar refractivity (Wildman–Crippen MR) is 88.8 cm³/mol. The minimum Gasteiger partial charge on any atom is -0.481 e. The molecule has 2 fully saturated rings. The molecule has 2 aliphatic rings. The van der Waals surface area contributed by atoms with Crippen molar-refractivity contribution in [2.75, 3.05) is 0 Å². The zero-order chi connectivity index (χ0) is 17.2. The zero-order valence-corrected chi connectivity index (χ0v) is 14.6. The summed E-state index contributed by atoms with van der Waals surface area (Å²) in [6.07, 6.45) is 7.28. The lowest BCUT2D eigenvalue weighted by atomic mass is 9.79. The van der Waals surface area contributed by atoms with Gasteiger partial charge in [0, 0.05) is 0 Å². The lowest BCUT2D eigenvalue weighted by Crippen LogP contribution is -2.33. The van der Waals surface area contributed by atoms with Gasteiger partial charge in [-0.1, -0.05) is 26.8 Å². The summed E-state index contributed by atoms with van der Waals surface area (Å²) in [4.78, 5) is 23.7. The van der Waals surface area contributed by atoms with Crippen LogP contribution in [0.5, 0.6) is 0 Å². The number of rotatable bonds is 8. The number of carboxylic acid groups (broad SMARTS) is 1. The number of carboxylic acids is 1. The van der Waals surface area contributed by atoms with E-state index in [4.69, 9.17) is 4.74 Å². The van der Waals surface area contributed by atoms with Crippen molar-refractivity contribution >= 4 is 11.9 Å². The minimum atomic E-state index is -0.925. The Morgan fingerprint density at radius 3 is 2.61 bits per heavy atom. The maximum Gasteiger partial charge on any atom is 0.307 e. The molecular weight excluding hydrogens is 292 g/mol. The van der Waals surface area contributed by atoms with Crippen molar-refractivity contribution in [2.45, 2.75) is 65.4 Å². The van der Waals surface area contributed by atoms with Crippen LogP contribution in [0.15, 0.2) is 12.7 Å². The van der Waals surface area contributed by atoms with E-state index in [-0.39, 0.29) is 18.5 Å². The van der Waals surface area contributed by atoms with Crippen LogP contribution in [0.2, 0.25) is 0 Å². The lowest BCUT2D eigenvalue weighted by Gasteiger charge is -2.28. The Balaban J connectivity index is 1.88. The predicted octanol–water partition coefficient (Wildman–Crippen LogP) is 4.05. The molecule has 0 aromatic heterocycles. The molecule has 5 atom stereocenters. The van der Waals surface area contributed by atoms with Crippen molar-refractivity contribution in [3.05, 3.63) is 12.7 Å². The number of fused-ring (bicyclic) bond motifs is 1. The Hall–Kier alpha value is -1.32. The van der Waals surface area contributed by atoms with E-state index in [9.17, 15) is 14.7 Å². The largest absolute Gasteiger partial charge is 0.481 e. The van der Waals surface area contributed by atoms with Gasteiger partial charge >= 0.3 is 11.9 Å². The number of unbranched alkanes of at least 4 members (excludes halogenated alkanes) is 1. The molecule has 4 heteroatoms. The minimum absolute atomic E-state index is 0.00882. The molecule has 0 spiro atoms. The monoisotopic (exact) mass is 322 g/mol. The molecule has 130 valence electrons. The molecule has 2 aliphatic carbocycles. The number of aliphatic carboxylic acids is 1. The van der Waals surface area contributed by atoms with Gasteiger partial charge in [-0.05, 0) is 55.3 Å². The van der Waals surface area contributed by atoms with Crippen LogP contribution in [0.4, 0.5) is 0 Å². The van der Waals surface area contributed by atoms with Crippen LogP contribution < -0.4 is 0 Å². The first kappa shape index (κ1) is 18.0. The second-order valence-corrected chi connectivity index (χ2v) is 8.27. The van der Waals surface area contributed by atoms with Gasteiger partial charge < -0.3 is 9.84 Å². The average Bonchev–Trinajstić information content (AvgIpc) is 3.11. The first-order valence-electron chi connectivity index (χ1n) is 8.77. The van der Waals surface area contributed by atoms with E-state index < -0.39 is 17.3 Å². The van der Waals surface area contributed by atoms with E-state index in [1.54, 1.807) is 0 Å². The fourth-order valence-electron chi connectivity index (χ4n) is 4.00. The number of allylic oxidation sites excluding steroid dienone is 1. The number of esters is 1. The summed E-state index contributed by atoms with van der Waals surface area (Å²) in [5.74, 6) is -0.0829. The van der Waals surface area contributed by atoms with Gasteiger partial charge in [-0.2, -0.15) is 0 Å². The molecule has 2 rings (SSSR count). The van der Waals surface area contributed by atoms with Crippen molar-refractivity contribution in [1.82, 2.24) is 0 Å². The molecule has 0 saturated heterocycles. The molecule has 0 radical (unpaired) electrons. The molecule has 0 amide bonds. The Labute approximate surface area is 139 Å². The smallest absolute Gasteiger partial charge is 0.307 e. The van der Waals surface area contributed by atoms with Crippen LogP contribution in [0.3, 0.4) is 0 Å². The first-order chi connectivity index (χ1) is 10.7. The molecule has 4 nitrogen and oxygen atoms in total. The highest BCUT2D eigenvalue weighted by Crippen LogP contribution is 2.57. The molecule has 0 aliphatic heterocycles. The molecular formula is C19H30O4. The van der Waals surface area contributed by atoms with Gasteiger partial charge in [0.05, 0.1) is 12.3 Å². The molecule has 1 N–H and O–H groups in total. The summed E-state index contributed by atoms with van der Waals surface area (Å²) < 4.78 is 5.70. The van der Waals surface area contributed by atoms with Gasteiger partial charge in [0.15, 0.2) is 0 Å². The Kier molecular flexibility index (Phi) is 5.53. The van der Waals surface area contributed by atoms with E-state index in [1.807, 2.05) is 26.8 Å². The highest BCUT2D eigenvalue weighted by Gasteiger charge is 2.54. The highest BCUT2D eigenvalue weighted by atomic mass is 16.5. The van der Waals surface area contributed by atoms with E-state index in [0.29, 0.717) is 5.92 Å². The summed E-state index contributed by atoms with van der Waals surface area (Å²) in [5.41, 5.74) is -0.452. The molecule has 2 saturated carbocycles. The van der Waals surface area contributed by atoms with Crippen molar-refractivity contribution < 1.29 is 19.4 Å². The topological polar surface area (TPSA) is 63.6 Å². The third kappa shape index (κ3) is 4.58. The van der Waals surface area contributed by atoms with Gasteiger partial charge in [0.1, 0.15) is 6.10 Å². The zero-order valence-electron chi connectivity index (χ0n) is 14.6. The summed E-state index contributed by atoms with van der Waals surface area (Å²) >= 11 is 0. The summed E-state index contributed by atoms with van der Waals surface area (Å²) in [7, 11) is 0. The average molecular weight is 322 g/mol. The van der Waals surface area contributed by atoms with Crippen molar-refractivity contribution in [2.24, 2.45) is 29.1 Å².